The van der Waals surface area contributed by atoms with E-state index < -0.39 is 0 Å². The van der Waals surface area contributed by atoms with Crippen LogP contribution in [0.1, 0.15) is 17.9 Å². The van der Waals surface area contributed by atoms with Gasteiger partial charge in [-0.15, -0.1) is 0 Å². The molecule has 1 aromatic carbocycles. The summed E-state index contributed by atoms with van der Waals surface area (Å²) in [7, 11) is 3.76. The second-order valence-corrected chi connectivity index (χ2v) is 5.71. The van der Waals surface area contributed by atoms with Crippen LogP contribution in [0.2, 0.25) is 0 Å². The zero-order valence-corrected chi connectivity index (χ0v) is 11.4. The van der Waals surface area contributed by atoms with Gasteiger partial charge in [0, 0.05) is 6.54 Å². The Morgan fingerprint density at radius 1 is 1.41 bits per heavy atom. The maximum absolute atomic E-state index is 5.21. The summed E-state index contributed by atoms with van der Waals surface area (Å²) in [5.41, 5.74) is 1.44. The number of hydrogen-bond acceptors (Lipinski definition) is 3. The van der Waals surface area contributed by atoms with Gasteiger partial charge in [-0.3, -0.25) is 0 Å². The summed E-state index contributed by atoms with van der Waals surface area (Å²) in [4.78, 5) is 0. The summed E-state index contributed by atoms with van der Waals surface area (Å²) < 4.78 is 5.21. The fourth-order valence-corrected chi connectivity index (χ4v) is 3.84. The van der Waals surface area contributed by atoms with Crippen LogP contribution >= 0.6 is 11.8 Å². The van der Waals surface area contributed by atoms with Gasteiger partial charge in [-0.2, -0.15) is 11.8 Å². The van der Waals surface area contributed by atoms with Crippen LogP contribution in [0.3, 0.4) is 0 Å². The normalized spacial score (nSPS) is 21.4. The van der Waals surface area contributed by atoms with Gasteiger partial charge in [-0.25, -0.2) is 0 Å². The molecule has 1 saturated heterocycles. The lowest BCUT2D eigenvalue weighted by Gasteiger charge is -2.23. The number of ether oxygens (including phenoxy) is 1. The Bertz CT molecular complexity index is 333. The summed E-state index contributed by atoms with van der Waals surface area (Å²) in [5.74, 6) is 5.03. The molecule has 94 valence electrons. The molecule has 1 N–H and O–H groups in total. The highest BCUT2D eigenvalue weighted by molar-refractivity contribution is 7.99. The van der Waals surface area contributed by atoms with Crippen LogP contribution in [0, 0.1) is 5.92 Å². The Morgan fingerprint density at radius 2 is 2.18 bits per heavy atom. The zero-order chi connectivity index (χ0) is 12.1. The van der Waals surface area contributed by atoms with E-state index in [-0.39, 0.29) is 0 Å². The quantitative estimate of drug-likeness (QED) is 0.869. The Labute approximate surface area is 108 Å². The number of rotatable bonds is 5. The van der Waals surface area contributed by atoms with Crippen molar-refractivity contribution in [1.29, 1.82) is 0 Å². The van der Waals surface area contributed by atoms with Gasteiger partial charge in [-0.1, -0.05) is 12.1 Å². The molecule has 0 spiro atoms. The van der Waals surface area contributed by atoms with Gasteiger partial charge in [0.05, 0.1) is 7.11 Å². The minimum absolute atomic E-state index is 0.640. The SMILES string of the molecule is CNCC(c1ccc(OC)cc1)C1CCSC1. The standard InChI is InChI=1S/C14H21NOS/c1-15-9-14(12-7-8-17-10-12)11-3-5-13(16-2)6-4-11/h3-6,12,14-15H,7-10H2,1-2H3. The predicted octanol–water partition coefficient (Wildman–Crippen LogP) is 2.75. The molecule has 0 aliphatic carbocycles. The molecule has 1 heterocycles. The van der Waals surface area contributed by atoms with Crippen LogP contribution in [-0.4, -0.2) is 32.2 Å². The highest BCUT2D eigenvalue weighted by Crippen LogP contribution is 2.35. The molecule has 2 unspecified atom stereocenters. The van der Waals surface area contributed by atoms with Gasteiger partial charge >= 0.3 is 0 Å². The Morgan fingerprint density at radius 3 is 2.71 bits per heavy atom. The average Bonchev–Trinajstić information content (AvgIpc) is 2.90. The smallest absolute Gasteiger partial charge is 0.118 e. The third-order valence-electron chi connectivity index (χ3n) is 3.50. The van der Waals surface area contributed by atoms with Crippen molar-refractivity contribution in [1.82, 2.24) is 5.32 Å². The summed E-state index contributed by atoms with van der Waals surface area (Å²) in [6.45, 7) is 1.07. The maximum Gasteiger partial charge on any atom is 0.118 e. The van der Waals surface area contributed by atoms with Crippen LogP contribution in [0.15, 0.2) is 24.3 Å². The van der Waals surface area contributed by atoms with Crippen molar-refractivity contribution in [2.75, 3.05) is 32.2 Å². The van der Waals surface area contributed by atoms with Crippen molar-refractivity contribution in [2.45, 2.75) is 12.3 Å². The fourth-order valence-electron chi connectivity index (χ4n) is 2.50. The minimum Gasteiger partial charge on any atom is -0.497 e. The summed E-state index contributed by atoms with van der Waals surface area (Å²) in [6.07, 6.45) is 1.35. The topological polar surface area (TPSA) is 21.3 Å². The third-order valence-corrected chi connectivity index (χ3v) is 4.69. The van der Waals surface area contributed by atoms with Crippen molar-refractivity contribution in [2.24, 2.45) is 5.92 Å². The molecule has 0 bridgehead atoms. The van der Waals surface area contributed by atoms with Crippen LogP contribution in [0.25, 0.3) is 0 Å². The average molecular weight is 251 g/mol. The second-order valence-electron chi connectivity index (χ2n) is 4.56. The number of nitrogens with one attached hydrogen (secondary N) is 1. The zero-order valence-electron chi connectivity index (χ0n) is 10.6. The molecule has 17 heavy (non-hydrogen) atoms. The van der Waals surface area contributed by atoms with Crippen molar-refractivity contribution >= 4 is 11.8 Å². The van der Waals surface area contributed by atoms with E-state index in [1.165, 1.54) is 23.5 Å². The van der Waals surface area contributed by atoms with E-state index in [9.17, 15) is 0 Å². The molecule has 3 heteroatoms. The van der Waals surface area contributed by atoms with E-state index in [4.69, 9.17) is 4.74 Å². The lowest BCUT2D eigenvalue weighted by Crippen LogP contribution is -2.24. The summed E-state index contributed by atoms with van der Waals surface area (Å²) in [5, 5.41) is 3.33. The first-order chi connectivity index (χ1) is 8.35. The molecule has 0 aromatic heterocycles. The first kappa shape index (κ1) is 12.8. The van der Waals surface area contributed by atoms with Crippen LogP contribution in [0.4, 0.5) is 0 Å². The first-order valence-electron chi connectivity index (χ1n) is 6.21. The fraction of sp³-hybridized carbons (Fsp3) is 0.571. The number of likely N-dealkylation sites (N-methyl/N-ethyl adjacent to an activating group) is 1. The lowest BCUT2D eigenvalue weighted by molar-refractivity contribution is 0.413. The second kappa shape index (κ2) is 6.31. The maximum atomic E-state index is 5.21. The van der Waals surface area contributed by atoms with E-state index in [0.29, 0.717) is 5.92 Å². The van der Waals surface area contributed by atoms with E-state index in [1.54, 1.807) is 7.11 Å². The first-order valence-corrected chi connectivity index (χ1v) is 7.37. The Hall–Kier alpha value is -0.670. The van der Waals surface area contributed by atoms with Gasteiger partial charge in [0.1, 0.15) is 5.75 Å². The van der Waals surface area contributed by atoms with E-state index in [0.717, 1.165) is 18.2 Å². The van der Waals surface area contributed by atoms with Gasteiger partial charge in [0.25, 0.3) is 0 Å². The highest BCUT2D eigenvalue weighted by atomic mass is 32.2. The molecule has 1 aliphatic rings. The van der Waals surface area contributed by atoms with E-state index >= 15 is 0 Å². The highest BCUT2D eigenvalue weighted by Gasteiger charge is 2.26. The predicted molar refractivity (Wildman–Crippen MR) is 75.1 cm³/mol. The largest absolute Gasteiger partial charge is 0.497 e. The molecule has 0 saturated carbocycles. The van der Waals surface area contributed by atoms with E-state index in [2.05, 4.69) is 41.3 Å². The molecule has 0 amide bonds. The number of hydrogen-bond donors (Lipinski definition) is 1. The number of methoxy groups -OCH3 is 1. The molecule has 1 aliphatic heterocycles. The van der Waals surface area contributed by atoms with Crippen LogP contribution in [-0.2, 0) is 0 Å². The van der Waals surface area contributed by atoms with Crippen molar-refractivity contribution < 1.29 is 4.74 Å². The van der Waals surface area contributed by atoms with Gasteiger partial charge in [0.2, 0.25) is 0 Å². The van der Waals surface area contributed by atoms with E-state index in [1.807, 2.05) is 7.05 Å². The number of benzene rings is 1. The summed E-state index contributed by atoms with van der Waals surface area (Å²) in [6, 6.07) is 8.56. The molecule has 2 nitrogen and oxygen atoms in total. The Balaban J connectivity index is 2.12. The van der Waals surface area contributed by atoms with Gasteiger partial charge < -0.3 is 10.1 Å². The molecule has 2 rings (SSSR count). The number of thioether (sulfide) groups is 1. The van der Waals surface area contributed by atoms with Crippen molar-refractivity contribution in [3.8, 4) is 5.75 Å². The van der Waals surface area contributed by atoms with Crippen molar-refractivity contribution in [3.63, 3.8) is 0 Å². The Kier molecular flexibility index (Phi) is 4.75. The van der Waals surface area contributed by atoms with Crippen LogP contribution in [0.5, 0.6) is 5.75 Å². The molecule has 1 aromatic rings. The molecular formula is C14H21NOS. The van der Waals surface area contributed by atoms with Crippen LogP contribution < -0.4 is 10.1 Å². The molecule has 2 atom stereocenters. The van der Waals surface area contributed by atoms with Crippen molar-refractivity contribution in [3.05, 3.63) is 29.8 Å². The summed E-state index contributed by atoms with van der Waals surface area (Å²) >= 11 is 2.09. The van der Waals surface area contributed by atoms with Gasteiger partial charge in [-0.05, 0) is 54.5 Å². The van der Waals surface area contributed by atoms with Gasteiger partial charge in [0.15, 0.2) is 0 Å². The lowest BCUT2D eigenvalue weighted by atomic mass is 9.85. The molecular weight excluding hydrogens is 230 g/mol. The monoisotopic (exact) mass is 251 g/mol. The molecule has 0 radical (unpaired) electrons. The molecule has 1 fully saturated rings. The third kappa shape index (κ3) is 3.17. The minimum atomic E-state index is 0.640.